The number of aliphatic hydroxyl groups is 1. The van der Waals surface area contributed by atoms with Crippen LogP contribution in [-0.2, 0) is 0 Å². The zero-order valence-corrected chi connectivity index (χ0v) is 15.7. The van der Waals surface area contributed by atoms with E-state index in [1.54, 1.807) is 42.6 Å². The highest BCUT2D eigenvalue weighted by Gasteiger charge is 2.27. The highest BCUT2D eigenvalue weighted by Crippen LogP contribution is 2.29. The average Bonchev–Trinajstić information content (AvgIpc) is 3.36. The number of primary amides is 1. The van der Waals surface area contributed by atoms with Gasteiger partial charge in [-0.25, -0.2) is 14.6 Å². The Balaban J connectivity index is 1.61. The summed E-state index contributed by atoms with van der Waals surface area (Å²) in [5, 5.41) is 16.6. The highest BCUT2D eigenvalue weighted by molar-refractivity contribution is 5.97. The van der Waals surface area contributed by atoms with E-state index >= 15 is 0 Å². The fourth-order valence-corrected chi connectivity index (χ4v) is 3.53. The smallest absolute Gasteiger partial charge is 0.269 e. The molecule has 1 saturated heterocycles. The Bertz CT molecular complexity index is 996. The lowest BCUT2D eigenvalue weighted by atomic mass is 10.1. The predicted octanol–water partition coefficient (Wildman–Crippen LogP) is 1.29. The number of amides is 1. The summed E-state index contributed by atoms with van der Waals surface area (Å²) >= 11 is 0. The van der Waals surface area contributed by atoms with Gasteiger partial charge in [-0.15, -0.1) is 0 Å². The molecule has 1 aliphatic rings. The van der Waals surface area contributed by atoms with Gasteiger partial charge in [0.05, 0.1) is 6.04 Å². The monoisotopic (exact) mass is 393 g/mol. The standard InChI is InChI=1S/C20H23N7O2/c21-18(28)17-16(26-19(27(17)22)14-4-3-11-23-14)12-6-8-13(9-7-12)20(29)25-15-5-1-2-10-24-15/h1-2,5-10,14,20,23,29H,3-4,11,22H2,(H2,21,28)(H,24,25)/t14-,20?/m0/s1. The number of rotatable bonds is 6. The summed E-state index contributed by atoms with van der Waals surface area (Å²) in [6.45, 7) is 0.884. The van der Waals surface area contributed by atoms with Gasteiger partial charge in [0.15, 0.2) is 11.9 Å². The number of nitrogen functional groups attached to an aromatic ring is 1. The zero-order valence-electron chi connectivity index (χ0n) is 15.7. The van der Waals surface area contributed by atoms with Crippen molar-refractivity contribution in [1.29, 1.82) is 0 Å². The van der Waals surface area contributed by atoms with Gasteiger partial charge in [0.25, 0.3) is 5.91 Å². The lowest BCUT2D eigenvalue weighted by Gasteiger charge is -2.14. The molecule has 9 nitrogen and oxygen atoms in total. The van der Waals surface area contributed by atoms with Crippen molar-refractivity contribution in [3.8, 4) is 11.3 Å². The van der Waals surface area contributed by atoms with E-state index in [0.717, 1.165) is 19.4 Å². The first-order chi connectivity index (χ1) is 14.0. The number of benzene rings is 1. The van der Waals surface area contributed by atoms with Crippen LogP contribution in [0.2, 0.25) is 0 Å². The third kappa shape index (κ3) is 3.78. The van der Waals surface area contributed by atoms with Gasteiger partial charge in [0, 0.05) is 17.3 Å². The molecule has 4 rings (SSSR count). The van der Waals surface area contributed by atoms with E-state index in [9.17, 15) is 9.90 Å². The third-order valence-electron chi connectivity index (χ3n) is 4.99. The van der Waals surface area contributed by atoms with E-state index in [4.69, 9.17) is 11.6 Å². The van der Waals surface area contributed by atoms with Crippen LogP contribution in [-0.4, -0.2) is 32.2 Å². The molecule has 1 amide bonds. The molecule has 1 fully saturated rings. The normalized spacial score (nSPS) is 17.2. The fraction of sp³-hybridized carbons (Fsp3) is 0.250. The predicted molar refractivity (Wildman–Crippen MR) is 109 cm³/mol. The molecule has 1 aliphatic heterocycles. The Labute approximate surface area is 167 Å². The molecular weight excluding hydrogens is 370 g/mol. The van der Waals surface area contributed by atoms with Crippen LogP contribution in [0, 0.1) is 0 Å². The number of hydrogen-bond acceptors (Lipinski definition) is 7. The highest BCUT2D eigenvalue weighted by atomic mass is 16.3. The number of pyridine rings is 1. The molecule has 7 N–H and O–H groups in total. The molecule has 0 spiro atoms. The number of hydrogen-bond donors (Lipinski definition) is 5. The summed E-state index contributed by atoms with van der Waals surface area (Å²) in [4.78, 5) is 20.8. The summed E-state index contributed by atoms with van der Waals surface area (Å²) in [5.74, 6) is 6.66. The maximum absolute atomic E-state index is 12.0. The SMILES string of the molecule is NC(=O)c1c(-c2ccc(C(O)Nc3ccccn3)cc2)nc([C@@H]2CCCN2)n1N. The quantitative estimate of drug-likeness (QED) is 0.313. The Kier molecular flexibility index (Phi) is 5.15. The lowest BCUT2D eigenvalue weighted by molar-refractivity contribution is 0.0993. The van der Waals surface area contributed by atoms with E-state index in [1.807, 2.05) is 6.07 Å². The van der Waals surface area contributed by atoms with Gasteiger partial charge >= 0.3 is 0 Å². The Hall–Kier alpha value is -3.43. The van der Waals surface area contributed by atoms with E-state index < -0.39 is 12.1 Å². The van der Waals surface area contributed by atoms with E-state index in [-0.39, 0.29) is 11.7 Å². The van der Waals surface area contributed by atoms with Crippen molar-refractivity contribution < 1.29 is 9.90 Å². The van der Waals surface area contributed by atoms with Crippen LogP contribution >= 0.6 is 0 Å². The molecule has 0 bridgehead atoms. The van der Waals surface area contributed by atoms with Crippen molar-refractivity contribution in [2.24, 2.45) is 5.73 Å². The van der Waals surface area contributed by atoms with Gasteiger partial charge in [-0.2, -0.15) is 0 Å². The van der Waals surface area contributed by atoms with Gasteiger partial charge < -0.3 is 27.3 Å². The first-order valence-corrected chi connectivity index (χ1v) is 9.41. The van der Waals surface area contributed by atoms with E-state index in [1.165, 1.54) is 4.68 Å². The van der Waals surface area contributed by atoms with Crippen LogP contribution in [0.5, 0.6) is 0 Å². The van der Waals surface area contributed by atoms with Gasteiger partial charge in [-0.3, -0.25) is 4.79 Å². The number of imidazole rings is 1. The molecule has 2 atom stereocenters. The summed E-state index contributed by atoms with van der Waals surface area (Å²) in [6.07, 6.45) is 2.63. The minimum Gasteiger partial charge on any atom is -0.369 e. The number of carbonyl (C=O) groups is 1. The van der Waals surface area contributed by atoms with Gasteiger partial charge in [0.2, 0.25) is 0 Å². The molecule has 0 radical (unpaired) electrons. The third-order valence-corrected chi connectivity index (χ3v) is 4.99. The first kappa shape index (κ1) is 18.9. The second-order valence-electron chi connectivity index (χ2n) is 6.93. The number of aliphatic hydroxyl groups excluding tert-OH is 1. The summed E-state index contributed by atoms with van der Waals surface area (Å²) in [7, 11) is 0. The summed E-state index contributed by atoms with van der Waals surface area (Å²) in [6, 6.07) is 12.5. The summed E-state index contributed by atoms with van der Waals surface area (Å²) < 4.78 is 1.28. The molecule has 1 aromatic carbocycles. The number of nitrogens with one attached hydrogen (secondary N) is 2. The van der Waals surface area contributed by atoms with Crippen LogP contribution in [0.1, 0.15) is 47.0 Å². The molecule has 3 heterocycles. The van der Waals surface area contributed by atoms with E-state index in [0.29, 0.717) is 28.5 Å². The number of carbonyl (C=O) groups excluding carboxylic acids is 1. The van der Waals surface area contributed by atoms with E-state index in [2.05, 4.69) is 20.6 Å². The van der Waals surface area contributed by atoms with Gasteiger partial charge in [-0.1, -0.05) is 30.3 Å². The fourth-order valence-electron chi connectivity index (χ4n) is 3.53. The van der Waals surface area contributed by atoms with Crippen molar-refractivity contribution in [2.45, 2.75) is 25.1 Å². The lowest BCUT2D eigenvalue weighted by Crippen LogP contribution is -2.27. The van der Waals surface area contributed by atoms with Crippen LogP contribution < -0.4 is 22.2 Å². The molecule has 29 heavy (non-hydrogen) atoms. The molecule has 9 heteroatoms. The largest absolute Gasteiger partial charge is 0.369 e. The number of aromatic nitrogens is 3. The number of anilines is 1. The van der Waals surface area contributed by atoms with Crippen molar-refractivity contribution in [3.63, 3.8) is 0 Å². The Morgan fingerprint density at radius 3 is 2.69 bits per heavy atom. The van der Waals surface area contributed by atoms with Crippen molar-refractivity contribution in [2.75, 3.05) is 17.7 Å². The second-order valence-corrected chi connectivity index (χ2v) is 6.93. The first-order valence-electron chi connectivity index (χ1n) is 9.41. The second kappa shape index (κ2) is 7.90. The molecule has 3 aromatic rings. The maximum atomic E-state index is 12.0. The molecule has 0 saturated carbocycles. The Morgan fingerprint density at radius 1 is 1.28 bits per heavy atom. The van der Waals surface area contributed by atoms with Crippen molar-refractivity contribution in [3.05, 3.63) is 65.7 Å². The molecule has 0 aliphatic carbocycles. The van der Waals surface area contributed by atoms with Gasteiger partial charge in [0.1, 0.15) is 17.3 Å². The van der Waals surface area contributed by atoms with Crippen molar-refractivity contribution >= 4 is 11.7 Å². The van der Waals surface area contributed by atoms with Crippen LogP contribution in [0.4, 0.5) is 5.82 Å². The average molecular weight is 393 g/mol. The zero-order chi connectivity index (χ0) is 20.4. The minimum atomic E-state index is -0.931. The topological polar surface area (TPSA) is 144 Å². The molecular formula is C20H23N7O2. The minimum absolute atomic E-state index is 0.00415. The molecule has 1 unspecified atom stereocenters. The molecule has 150 valence electrons. The molecule has 2 aromatic heterocycles. The van der Waals surface area contributed by atoms with Gasteiger partial charge in [-0.05, 0) is 31.5 Å². The van der Waals surface area contributed by atoms with Crippen molar-refractivity contribution in [1.82, 2.24) is 20.0 Å². The number of nitrogens with zero attached hydrogens (tertiary/aromatic N) is 3. The van der Waals surface area contributed by atoms with Crippen LogP contribution in [0.25, 0.3) is 11.3 Å². The maximum Gasteiger partial charge on any atom is 0.269 e. The Morgan fingerprint density at radius 2 is 2.07 bits per heavy atom. The number of nitrogens with two attached hydrogens (primary N) is 2. The summed E-state index contributed by atoms with van der Waals surface area (Å²) in [5.41, 5.74) is 7.50. The van der Waals surface area contributed by atoms with Crippen LogP contribution in [0.3, 0.4) is 0 Å². The van der Waals surface area contributed by atoms with Crippen LogP contribution in [0.15, 0.2) is 48.7 Å².